The Kier molecular flexibility index (Phi) is 4.34. The molecule has 0 aliphatic rings. The van der Waals surface area contributed by atoms with Crippen LogP contribution in [0.2, 0.25) is 5.02 Å². The van der Waals surface area contributed by atoms with E-state index in [2.05, 4.69) is 4.98 Å². The number of hydrogen-bond acceptors (Lipinski definition) is 4. The summed E-state index contributed by atoms with van der Waals surface area (Å²) in [6, 6.07) is 5.73. The fourth-order valence-corrected chi connectivity index (χ4v) is 2.80. The van der Waals surface area contributed by atoms with Gasteiger partial charge in [-0.3, -0.25) is 0 Å². The van der Waals surface area contributed by atoms with E-state index >= 15 is 0 Å². The maximum atomic E-state index is 6.10. The third-order valence-electron chi connectivity index (χ3n) is 2.55. The summed E-state index contributed by atoms with van der Waals surface area (Å²) in [7, 11) is 1.70. The summed E-state index contributed by atoms with van der Waals surface area (Å²) < 4.78 is 6.14. The van der Waals surface area contributed by atoms with E-state index in [0.29, 0.717) is 5.02 Å². The molecule has 1 aromatic heterocycles. The van der Waals surface area contributed by atoms with E-state index in [4.69, 9.17) is 22.1 Å². The number of halogens is 1. The van der Waals surface area contributed by atoms with Crippen molar-refractivity contribution in [2.45, 2.75) is 18.9 Å². The number of nitrogens with two attached hydrogens (primary N) is 1. The molecule has 0 fully saturated rings. The minimum Gasteiger partial charge on any atom is -0.385 e. The number of thiazole rings is 1. The van der Waals surface area contributed by atoms with E-state index in [1.54, 1.807) is 18.4 Å². The van der Waals surface area contributed by atoms with Gasteiger partial charge in [0, 0.05) is 18.7 Å². The molecule has 1 unspecified atom stereocenters. The molecule has 17 heavy (non-hydrogen) atoms. The summed E-state index contributed by atoms with van der Waals surface area (Å²) in [4.78, 5) is 4.52. The Morgan fingerprint density at radius 3 is 3.12 bits per heavy atom. The van der Waals surface area contributed by atoms with Crippen molar-refractivity contribution in [1.29, 1.82) is 0 Å². The Balaban J connectivity index is 2.12. The Hall–Kier alpha value is -0.680. The predicted octanol–water partition coefficient (Wildman–Crippen LogP) is 3.38. The van der Waals surface area contributed by atoms with Crippen LogP contribution in [0.15, 0.2) is 18.2 Å². The van der Waals surface area contributed by atoms with Gasteiger partial charge in [-0.15, -0.1) is 11.3 Å². The minimum atomic E-state index is -0.0127. The molecular weight excluding hydrogens is 256 g/mol. The Morgan fingerprint density at radius 1 is 1.53 bits per heavy atom. The van der Waals surface area contributed by atoms with Crippen LogP contribution in [0.5, 0.6) is 0 Å². The zero-order valence-electron chi connectivity index (χ0n) is 9.65. The van der Waals surface area contributed by atoms with Crippen molar-refractivity contribution in [3.63, 3.8) is 0 Å². The quantitative estimate of drug-likeness (QED) is 0.848. The molecule has 92 valence electrons. The van der Waals surface area contributed by atoms with Gasteiger partial charge in [0.15, 0.2) is 0 Å². The van der Waals surface area contributed by atoms with Gasteiger partial charge in [-0.1, -0.05) is 11.6 Å². The number of ether oxygens (including phenoxy) is 1. The number of nitrogens with zero attached hydrogens (tertiary/aromatic N) is 1. The van der Waals surface area contributed by atoms with Gasteiger partial charge in [0.1, 0.15) is 5.01 Å². The smallest absolute Gasteiger partial charge is 0.111 e. The fraction of sp³-hybridized carbons (Fsp3) is 0.417. The molecule has 0 aliphatic carbocycles. The molecule has 0 saturated heterocycles. The van der Waals surface area contributed by atoms with E-state index in [0.717, 1.165) is 34.7 Å². The maximum absolute atomic E-state index is 6.10. The summed E-state index contributed by atoms with van der Waals surface area (Å²) in [5.74, 6) is 0. The Morgan fingerprint density at radius 2 is 2.35 bits per heavy atom. The highest BCUT2D eigenvalue weighted by Crippen LogP contribution is 2.29. The van der Waals surface area contributed by atoms with Crippen LogP contribution in [0.1, 0.15) is 23.9 Å². The summed E-state index contributed by atoms with van der Waals surface area (Å²) in [5.41, 5.74) is 7.03. The van der Waals surface area contributed by atoms with Gasteiger partial charge in [-0.2, -0.15) is 0 Å². The molecule has 0 spiro atoms. The highest BCUT2D eigenvalue weighted by molar-refractivity contribution is 7.18. The van der Waals surface area contributed by atoms with Crippen LogP contribution < -0.4 is 5.73 Å². The predicted molar refractivity (Wildman–Crippen MR) is 72.7 cm³/mol. The number of fused-ring (bicyclic) bond motifs is 1. The SMILES string of the molecule is COCCCC(N)c1nc2cc(Cl)ccc2s1. The zero-order chi connectivity index (χ0) is 12.3. The van der Waals surface area contributed by atoms with E-state index in [1.807, 2.05) is 18.2 Å². The topological polar surface area (TPSA) is 48.1 Å². The first kappa shape index (κ1) is 12.8. The summed E-state index contributed by atoms with van der Waals surface area (Å²) in [6.45, 7) is 0.740. The van der Waals surface area contributed by atoms with Gasteiger partial charge < -0.3 is 10.5 Å². The molecule has 2 aromatic rings. The van der Waals surface area contributed by atoms with Crippen LogP contribution in [0.3, 0.4) is 0 Å². The largest absolute Gasteiger partial charge is 0.385 e. The van der Waals surface area contributed by atoms with Gasteiger partial charge in [-0.25, -0.2) is 4.98 Å². The normalized spacial score (nSPS) is 13.1. The maximum Gasteiger partial charge on any atom is 0.111 e. The van der Waals surface area contributed by atoms with E-state index in [1.165, 1.54) is 0 Å². The van der Waals surface area contributed by atoms with Crippen molar-refractivity contribution in [3.05, 3.63) is 28.2 Å². The molecule has 3 nitrogen and oxygen atoms in total. The first-order valence-electron chi connectivity index (χ1n) is 5.51. The molecule has 1 aromatic carbocycles. The monoisotopic (exact) mass is 270 g/mol. The molecule has 2 N–H and O–H groups in total. The molecule has 0 bridgehead atoms. The molecular formula is C12H15ClN2OS. The third-order valence-corrected chi connectivity index (χ3v) is 3.95. The van der Waals surface area contributed by atoms with Gasteiger partial charge in [0.2, 0.25) is 0 Å². The molecule has 0 amide bonds. The second-order valence-corrected chi connectivity index (χ2v) is 5.40. The molecule has 2 rings (SSSR count). The number of benzene rings is 1. The van der Waals surface area contributed by atoms with Crippen molar-refractivity contribution in [2.24, 2.45) is 5.73 Å². The van der Waals surface area contributed by atoms with Gasteiger partial charge in [0.05, 0.1) is 16.3 Å². The number of methoxy groups -OCH3 is 1. The lowest BCUT2D eigenvalue weighted by Crippen LogP contribution is -2.10. The number of rotatable bonds is 5. The number of aromatic nitrogens is 1. The molecule has 0 saturated carbocycles. The average Bonchev–Trinajstić information content (AvgIpc) is 2.72. The third kappa shape index (κ3) is 3.16. The standard InChI is InChI=1S/C12H15ClN2OS/c1-16-6-2-3-9(14)12-15-10-7-8(13)4-5-11(10)17-12/h4-5,7,9H,2-3,6,14H2,1H3. The zero-order valence-corrected chi connectivity index (χ0v) is 11.2. The summed E-state index contributed by atoms with van der Waals surface area (Å²) in [6.07, 6.45) is 1.84. The van der Waals surface area contributed by atoms with Crippen LogP contribution in [0.4, 0.5) is 0 Å². The summed E-state index contributed by atoms with van der Waals surface area (Å²) >= 11 is 7.56. The van der Waals surface area contributed by atoms with Crippen LogP contribution in [-0.4, -0.2) is 18.7 Å². The molecule has 0 radical (unpaired) electrons. The lowest BCUT2D eigenvalue weighted by Gasteiger charge is -2.06. The van der Waals surface area contributed by atoms with Gasteiger partial charge in [-0.05, 0) is 31.0 Å². The minimum absolute atomic E-state index is 0.0127. The highest BCUT2D eigenvalue weighted by Gasteiger charge is 2.11. The molecule has 1 atom stereocenters. The van der Waals surface area contributed by atoms with Crippen LogP contribution >= 0.6 is 22.9 Å². The summed E-state index contributed by atoms with van der Waals surface area (Å²) in [5, 5.41) is 1.68. The van der Waals surface area contributed by atoms with Crippen LogP contribution in [0.25, 0.3) is 10.2 Å². The first-order valence-corrected chi connectivity index (χ1v) is 6.70. The highest BCUT2D eigenvalue weighted by atomic mass is 35.5. The molecule has 5 heteroatoms. The first-order chi connectivity index (χ1) is 8.20. The van der Waals surface area contributed by atoms with Crippen molar-refractivity contribution in [2.75, 3.05) is 13.7 Å². The number of hydrogen-bond donors (Lipinski definition) is 1. The fourth-order valence-electron chi connectivity index (χ4n) is 1.65. The van der Waals surface area contributed by atoms with Crippen LogP contribution in [-0.2, 0) is 4.74 Å². The van der Waals surface area contributed by atoms with Crippen molar-refractivity contribution < 1.29 is 4.74 Å². The second kappa shape index (κ2) is 5.78. The molecule has 0 aliphatic heterocycles. The average molecular weight is 271 g/mol. The van der Waals surface area contributed by atoms with Crippen molar-refractivity contribution >= 4 is 33.2 Å². The lowest BCUT2D eigenvalue weighted by atomic mass is 10.2. The van der Waals surface area contributed by atoms with E-state index < -0.39 is 0 Å². The second-order valence-electron chi connectivity index (χ2n) is 3.91. The van der Waals surface area contributed by atoms with Crippen molar-refractivity contribution in [1.82, 2.24) is 4.98 Å². The van der Waals surface area contributed by atoms with Gasteiger partial charge >= 0.3 is 0 Å². The van der Waals surface area contributed by atoms with E-state index in [9.17, 15) is 0 Å². The van der Waals surface area contributed by atoms with Gasteiger partial charge in [0.25, 0.3) is 0 Å². The van der Waals surface area contributed by atoms with Crippen molar-refractivity contribution in [3.8, 4) is 0 Å². The van der Waals surface area contributed by atoms with E-state index in [-0.39, 0.29) is 6.04 Å². The Labute approximate surface area is 110 Å². The Bertz CT molecular complexity index is 500. The van der Waals surface area contributed by atoms with Crippen LogP contribution in [0, 0.1) is 0 Å². The lowest BCUT2D eigenvalue weighted by molar-refractivity contribution is 0.190. The molecule has 1 heterocycles.